The van der Waals surface area contributed by atoms with Crippen molar-refractivity contribution in [1.82, 2.24) is 24.7 Å². The molecule has 154 valence electrons. The van der Waals surface area contributed by atoms with Crippen molar-refractivity contribution in [3.05, 3.63) is 35.2 Å². The van der Waals surface area contributed by atoms with Gasteiger partial charge in [-0.1, -0.05) is 30.8 Å². The minimum absolute atomic E-state index is 0.736. The van der Waals surface area contributed by atoms with Gasteiger partial charge in [0, 0.05) is 43.9 Å². The molecule has 1 aliphatic heterocycles. The predicted octanol–water partition coefficient (Wildman–Crippen LogP) is 2.04. The van der Waals surface area contributed by atoms with E-state index in [9.17, 15) is 0 Å². The summed E-state index contributed by atoms with van der Waals surface area (Å²) in [5, 5.41) is 9.05. The molecule has 0 aliphatic carbocycles. The number of piperazine rings is 1. The molecule has 28 heavy (non-hydrogen) atoms. The molecule has 0 bridgehead atoms. The average Bonchev–Trinajstić information content (AvgIpc) is 3.07. The van der Waals surface area contributed by atoms with Crippen LogP contribution in [-0.2, 0) is 18.6 Å². The minimum Gasteiger partial charge on any atom is -0.496 e. The second-order valence-electron chi connectivity index (χ2n) is 7.31. The van der Waals surface area contributed by atoms with Crippen molar-refractivity contribution in [2.75, 3.05) is 52.7 Å². The Morgan fingerprint density at radius 1 is 1.18 bits per heavy atom. The Morgan fingerprint density at radius 2 is 1.96 bits per heavy atom. The number of methoxy groups -OCH3 is 1. The number of likely N-dealkylation sites (N-methyl/N-ethyl adjacent to an activating group) is 1. The number of benzene rings is 1. The van der Waals surface area contributed by atoms with Gasteiger partial charge in [0.15, 0.2) is 5.82 Å². The second-order valence-corrected chi connectivity index (χ2v) is 8.25. The van der Waals surface area contributed by atoms with Crippen LogP contribution in [0.4, 0.5) is 0 Å². The highest BCUT2D eigenvalue weighted by Gasteiger charge is 2.14. The number of ether oxygens (including phenoxy) is 1. The number of nitrogens with zero attached hydrogens (tertiary/aromatic N) is 5. The summed E-state index contributed by atoms with van der Waals surface area (Å²) in [5.74, 6) is 8.52. The molecule has 8 heteroatoms. The molecule has 0 spiro atoms. The number of rotatable bonds is 9. The first kappa shape index (κ1) is 21.0. The quantitative estimate of drug-likeness (QED) is 0.506. The lowest BCUT2D eigenvalue weighted by Gasteiger charge is -2.32. The van der Waals surface area contributed by atoms with E-state index in [0.717, 1.165) is 35.3 Å². The fraction of sp³-hybridized carbons (Fsp3) is 0.600. The van der Waals surface area contributed by atoms with Crippen molar-refractivity contribution in [1.29, 1.82) is 0 Å². The van der Waals surface area contributed by atoms with Crippen LogP contribution in [0.3, 0.4) is 0 Å². The monoisotopic (exact) mass is 404 g/mol. The van der Waals surface area contributed by atoms with E-state index < -0.39 is 0 Å². The maximum Gasteiger partial charge on any atom is 0.210 e. The maximum absolute atomic E-state index is 6.06. The number of aryl methyl sites for hydroxylation is 2. The summed E-state index contributed by atoms with van der Waals surface area (Å²) in [4.78, 5) is 4.97. The van der Waals surface area contributed by atoms with Gasteiger partial charge in [0.1, 0.15) is 5.75 Å². The number of nitrogens with two attached hydrogens (primary N) is 1. The minimum atomic E-state index is 0.736. The van der Waals surface area contributed by atoms with E-state index >= 15 is 0 Å². The van der Waals surface area contributed by atoms with E-state index in [0.29, 0.717) is 0 Å². The predicted molar refractivity (Wildman–Crippen MR) is 114 cm³/mol. The van der Waals surface area contributed by atoms with Gasteiger partial charge in [-0.05, 0) is 38.1 Å². The number of hydrogen-bond acceptors (Lipinski definition) is 7. The Kier molecular flexibility index (Phi) is 7.58. The van der Waals surface area contributed by atoms with Gasteiger partial charge in [0.05, 0.1) is 7.11 Å². The molecule has 2 heterocycles. The van der Waals surface area contributed by atoms with Crippen LogP contribution >= 0.6 is 11.8 Å². The van der Waals surface area contributed by atoms with Crippen LogP contribution in [0.2, 0.25) is 0 Å². The fourth-order valence-electron chi connectivity index (χ4n) is 3.47. The SMILES string of the molecule is CCc1nnc(SCc2cc(CCCN3CCN(C)CC3)ccc2OC)n1N. The van der Waals surface area contributed by atoms with Crippen molar-refractivity contribution in [3.63, 3.8) is 0 Å². The summed E-state index contributed by atoms with van der Waals surface area (Å²) in [6, 6.07) is 6.51. The first-order valence-electron chi connectivity index (χ1n) is 9.99. The highest BCUT2D eigenvalue weighted by atomic mass is 32.2. The van der Waals surface area contributed by atoms with Crippen LogP contribution in [0, 0.1) is 0 Å². The Morgan fingerprint density at radius 3 is 2.64 bits per heavy atom. The summed E-state index contributed by atoms with van der Waals surface area (Å²) in [7, 11) is 3.92. The largest absolute Gasteiger partial charge is 0.496 e. The zero-order valence-electron chi connectivity index (χ0n) is 17.2. The van der Waals surface area contributed by atoms with Gasteiger partial charge in [-0.2, -0.15) is 0 Å². The Bertz CT molecular complexity index is 757. The summed E-state index contributed by atoms with van der Waals surface area (Å²) >= 11 is 1.59. The van der Waals surface area contributed by atoms with Gasteiger partial charge in [-0.15, -0.1) is 10.2 Å². The van der Waals surface area contributed by atoms with Crippen LogP contribution in [-0.4, -0.2) is 71.6 Å². The van der Waals surface area contributed by atoms with E-state index in [1.807, 2.05) is 6.92 Å². The average molecular weight is 405 g/mol. The third kappa shape index (κ3) is 5.40. The summed E-state index contributed by atoms with van der Waals surface area (Å²) in [6.07, 6.45) is 3.04. The molecule has 1 aromatic heterocycles. The molecule has 1 aliphatic rings. The molecular weight excluding hydrogens is 372 g/mol. The highest BCUT2D eigenvalue weighted by molar-refractivity contribution is 7.98. The molecule has 1 aromatic carbocycles. The van der Waals surface area contributed by atoms with Gasteiger partial charge in [0.2, 0.25) is 5.16 Å². The van der Waals surface area contributed by atoms with Gasteiger partial charge in [0.25, 0.3) is 0 Å². The van der Waals surface area contributed by atoms with Crippen molar-refractivity contribution in [3.8, 4) is 5.75 Å². The molecule has 1 saturated heterocycles. The molecule has 0 radical (unpaired) electrons. The molecule has 1 fully saturated rings. The zero-order chi connectivity index (χ0) is 19.9. The maximum atomic E-state index is 6.06. The lowest BCUT2D eigenvalue weighted by molar-refractivity contribution is 0.153. The molecule has 7 nitrogen and oxygen atoms in total. The van der Waals surface area contributed by atoms with Crippen molar-refractivity contribution < 1.29 is 4.74 Å². The Hall–Kier alpha value is -1.77. The normalized spacial score (nSPS) is 15.8. The van der Waals surface area contributed by atoms with Gasteiger partial charge >= 0.3 is 0 Å². The lowest BCUT2D eigenvalue weighted by Crippen LogP contribution is -2.44. The van der Waals surface area contributed by atoms with E-state index in [1.165, 1.54) is 50.3 Å². The van der Waals surface area contributed by atoms with Crippen molar-refractivity contribution in [2.45, 2.75) is 37.1 Å². The topological polar surface area (TPSA) is 72.4 Å². The smallest absolute Gasteiger partial charge is 0.210 e. The Labute approximate surface area is 172 Å². The van der Waals surface area contributed by atoms with Crippen LogP contribution in [0.5, 0.6) is 5.75 Å². The van der Waals surface area contributed by atoms with Crippen LogP contribution in [0.1, 0.15) is 30.3 Å². The lowest BCUT2D eigenvalue weighted by atomic mass is 10.1. The Balaban J connectivity index is 1.56. The molecule has 2 aromatic rings. The third-order valence-electron chi connectivity index (χ3n) is 5.29. The molecule has 2 N–H and O–H groups in total. The molecular formula is C20H32N6OS. The van der Waals surface area contributed by atoms with Crippen LogP contribution < -0.4 is 10.6 Å². The van der Waals surface area contributed by atoms with Crippen LogP contribution in [0.15, 0.2) is 23.4 Å². The first-order valence-corrected chi connectivity index (χ1v) is 11.0. The number of aromatic nitrogens is 3. The molecule has 0 saturated carbocycles. The van der Waals surface area contributed by atoms with E-state index in [-0.39, 0.29) is 0 Å². The fourth-order valence-corrected chi connectivity index (χ4v) is 4.32. The zero-order valence-corrected chi connectivity index (χ0v) is 18.0. The molecule has 3 rings (SSSR count). The first-order chi connectivity index (χ1) is 13.6. The number of nitrogen functional groups attached to an aromatic ring is 1. The molecule has 0 atom stereocenters. The van der Waals surface area contributed by atoms with E-state index in [1.54, 1.807) is 23.5 Å². The number of hydrogen-bond donors (Lipinski definition) is 1. The standard InChI is InChI=1S/C20H32N6OS/c1-4-19-22-23-20(26(19)21)28-15-17-14-16(7-8-18(17)27-3)6-5-9-25-12-10-24(2)11-13-25/h7-8,14H,4-6,9-13,15,21H2,1-3H3. The summed E-state index contributed by atoms with van der Waals surface area (Å²) in [5.41, 5.74) is 2.53. The van der Waals surface area contributed by atoms with Gasteiger partial charge in [-0.3, -0.25) is 0 Å². The van der Waals surface area contributed by atoms with Gasteiger partial charge < -0.3 is 20.4 Å². The summed E-state index contributed by atoms with van der Waals surface area (Å²) in [6.45, 7) is 7.91. The molecule has 0 unspecified atom stereocenters. The second kappa shape index (κ2) is 10.1. The van der Waals surface area contributed by atoms with E-state index in [4.69, 9.17) is 10.6 Å². The van der Waals surface area contributed by atoms with Crippen molar-refractivity contribution >= 4 is 11.8 Å². The molecule has 0 amide bonds. The highest BCUT2D eigenvalue weighted by Crippen LogP contribution is 2.28. The van der Waals surface area contributed by atoms with Gasteiger partial charge in [-0.25, -0.2) is 4.68 Å². The van der Waals surface area contributed by atoms with Crippen molar-refractivity contribution in [2.24, 2.45) is 0 Å². The summed E-state index contributed by atoms with van der Waals surface area (Å²) < 4.78 is 7.14. The number of thioether (sulfide) groups is 1. The van der Waals surface area contributed by atoms with Crippen LogP contribution in [0.25, 0.3) is 0 Å². The van der Waals surface area contributed by atoms with E-state index in [2.05, 4.69) is 45.2 Å². The third-order valence-corrected chi connectivity index (χ3v) is 6.28.